The molecule has 0 aliphatic rings. The third-order valence-corrected chi connectivity index (χ3v) is 4.00. The molecule has 0 heterocycles. The summed E-state index contributed by atoms with van der Waals surface area (Å²) in [6, 6.07) is 15.8. The molecule has 0 unspecified atom stereocenters. The van der Waals surface area contributed by atoms with Crippen LogP contribution in [0.1, 0.15) is 43.6 Å². The molecule has 1 atom stereocenters. The molecular weight excluding hydrogens is 358 g/mol. The molecule has 0 aromatic heterocycles. The molecule has 0 aliphatic carbocycles. The van der Waals surface area contributed by atoms with Crippen LogP contribution < -0.4 is 10.1 Å². The highest BCUT2D eigenvalue weighted by molar-refractivity contribution is 6.05. The zero-order valence-electron chi connectivity index (χ0n) is 16.5. The fourth-order valence-corrected chi connectivity index (χ4v) is 2.36. The second-order valence-electron chi connectivity index (χ2n) is 7.39. The number of hydrogen-bond donors (Lipinski definition) is 1. The summed E-state index contributed by atoms with van der Waals surface area (Å²) in [5, 5.41) is 2.20. The van der Waals surface area contributed by atoms with Crippen LogP contribution >= 0.6 is 0 Å². The maximum atomic E-state index is 12.1. The van der Waals surface area contributed by atoms with Gasteiger partial charge in [0.2, 0.25) is 0 Å². The van der Waals surface area contributed by atoms with Crippen LogP contribution in [0.4, 0.5) is 0 Å². The van der Waals surface area contributed by atoms with Gasteiger partial charge in [0, 0.05) is 5.56 Å². The quantitative estimate of drug-likeness (QED) is 0.775. The van der Waals surface area contributed by atoms with Gasteiger partial charge in [-0.15, -0.1) is 0 Å². The van der Waals surface area contributed by atoms with Gasteiger partial charge in [-0.2, -0.15) is 0 Å². The summed E-state index contributed by atoms with van der Waals surface area (Å²) >= 11 is 0. The van der Waals surface area contributed by atoms with Crippen molar-refractivity contribution in [3.05, 3.63) is 65.7 Å². The Morgan fingerprint density at radius 2 is 1.57 bits per heavy atom. The summed E-state index contributed by atoms with van der Waals surface area (Å²) < 4.78 is 10.3. The first kappa shape index (κ1) is 21.2. The standard InChI is InChI=1S/C22H25NO5/c1-15(28-18-8-6-5-7-9-18)21(26)27-14-19(24)23-20(25)16-10-12-17(13-11-16)22(2,3)4/h5-13,15H,14H2,1-4H3,(H,23,24,25)/t15-/m1/s1. The van der Waals surface area contributed by atoms with Crippen molar-refractivity contribution in [1.29, 1.82) is 0 Å². The fraction of sp³-hybridized carbons (Fsp3) is 0.318. The smallest absolute Gasteiger partial charge is 0.347 e. The number of imide groups is 1. The molecule has 28 heavy (non-hydrogen) atoms. The molecule has 1 N–H and O–H groups in total. The molecular formula is C22H25NO5. The van der Waals surface area contributed by atoms with Gasteiger partial charge in [0.1, 0.15) is 5.75 Å². The highest BCUT2D eigenvalue weighted by atomic mass is 16.6. The number of esters is 1. The SMILES string of the molecule is C[C@@H](Oc1ccccc1)C(=O)OCC(=O)NC(=O)c1ccc(C(C)(C)C)cc1. The third kappa shape index (κ3) is 6.23. The number of amides is 2. The number of rotatable bonds is 6. The van der Waals surface area contributed by atoms with Gasteiger partial charge < -0.3 is 9.47 Å². The van der Waals surface area contributed by atoms with Crippen LogP contribution in [0.2, 0.25) is 0 Å². The highest BCUT2D eigenvalue weighted by Crippen LogP contribution is 2.22. The van der Waals surface area contributed by atoms with Crippen molar-refractivity contribution in [1.82, 2.24) is 5.32 Å². The summed E-state index contributed by atoms with van der Waals surface area (Å²) in [4.78, 5) is 36.0. The van der Waals surface area contributed by atoms with Crippen molar-refractivity contribution in [2.45, 2.75) is 39.2 Å². The fourth-order valence-electron chi connectivity index (χ4n) is 2.36. The third-order valence-electron chi connectivity index (χ3n) is 4.00. The molecule has 0 bridgehead atoms. The van der Waals surface area contributed by atoms with Crippen molar-refractivity contribution in [3.8, 4) is 5.75 Å². The van der Waals surface area contributed by atoms with E-state index < -0.39 is 30.5 Å². The second-order valence-corrected chi connectivity index (χ2v) is 7.39. The maximum Gasteiger partial charge on any atom is 0.347 e. The first-order valence-electron chi connectivity index (χ1n) is 9.00. The first-order chi connectivity index (χ1) is 13.2. The van der Waals surface area contributed by atoms with E-state index in [2.05, 4.69) is 26.1 Å². The topological polar surface area (TPSA) is 81.7 Å². The molecule has 0 saturated heterocycles. The number of nitrogens with one attached hydrogen (secondary N) is 1. The Balaban J connectivity index is 1.81. The maximum absolute atomic E-state index is 12.1. The predicted octanol–water partition coefficient (Wildman–Crippen LogP) is 3.25. The van der Waals surface area contributed by atoms with E-state index in [0.29, 0.717) is 11.3 Å². The van der Waals surface area contributed by atoms with Crippen LogP contribution in [-0.4, -0.2) is 30.5 Å². The largest absolute Gasteiger partial charge is 0.479 e. The molecule has 0 spiro atoms. The molecule has 2 aromatic carbocycles. The van der Waals surface area contributed by atoms with E-state index in [9.17, 15) is 14.4 Å². The van der Waals surface area contributed by atoms with E-state index in [0.717, 1.165) is 5.56 Å². The number of ether oxygens (including phenoxy) is 2. The first-order valence-corrected chi connectivity index (χ1v) is 9.00. The zero-order chi connectivity index (χ0) is 20.7. The Bertz CT molecular complexity index is 822. The van der Waals surface area contributed by atoms with Crippen molar-refractivity contribution in [3.63, 3.8) is 0 Å². The zero-order valence-corrected chi connectivity index (χ0v) is 16.5. The van der Waals surface area contributed by atoms with E-state index in [1.165, 1.54) is 6.92 Å². The molecule has 0 saturated carbocycles. The Kier molecular flexibility index (Phi) is 6.93. The Morgan fingerprint density at radius 1 is 0.964 bits per heavy atom. The van der Waals surface area contributed by atoms with Gasteiger partial charge in [0.15, 0.2) is 12.7 Å². The number of carbonyl (C=O) groups is 3. The van der Waals surface area contributed by atoms with Gasteiger partial charge in [-0.3, -0.25) is 14.9 Å². The molecule has 0 aliphatic heterocycles. The van der Waals surface area contributed by atoms with E-state index in [4.69, 9.17) is 9.47 Å². The second kappa shape index (κ2) is 9.17. The van der Waals surface area contributed by atoms with Crippen molar-refractivity contribution < 1.29 is 23.9 Å². The lowest BCUT2D eigenvalue weighted by molar-refractivity contribution is -0.154. The van der Waals surface area contributed by atoms with E-state index in [1.807, 2.05) is 18.2 Å². The molecule has 2 amide bonds. The van der Waals surface area contributed by atoms with Gasteiger partial charge in [-0.1, -0.05) is 51.1 Å². The van der Waals surface area contributed by atoms with Crippen LogP contribution in [0.15, 0.2) is 54.6 Å². The predicted molar refractivity (Wildman–Crippen MR) is 105 cm³/mol. The summed E-state index contributed by atoms with van der Waals surface area (Å²) in [6.07, 6.45) is -0.879. The lowest BCUT2D eigenvalue weighted by atomic mass is 9.87. The number of benzene rings is 2. The number of para-hydroxylation sites is 1. The summed E-state index contributed by atoms with van der Waals surface area (Å²) in [5.74, 6) is -1.42. The molecule has 148 valence electrons. The number of carbonyl (C=O) groups excluding carboxylic acids is 3. The van der Waals surface area contributed by atoms with Gasteiger partial charge >= 0.3 is 5.97 Å². The molecule has 2 rings (SSSR count). The minimum absolute atomic E-state index is 0.0302. The highest BCUT2D eigenvalue weighted by Gasteiger charge is 2.19. The van der Waals surface area contributed by atoms with Crippen molar-refractivity contribution >= 4 is 17.8 Å². The summed E-state index contributed by atoms with van der Waals surface area (Å²) in [6.45, 7) is 7.18. The molecule has 0 fully saturated rings. The van der Waals surface area contributed by atoms with Crippen LogP contribution in [0.3, 0.4) is 0 Å². The van der Waals surface area contributed by atoms with Gasteiger partial charge in [-0.25, -0.2) is 4.79 Å². The average molecular weight is 383 g/mol. The Hall–Kier alpha value is -3.15. The van der Waals surface area contributed by atoms with Crippen LogP contribution in [0.25, 0.3) is 0 Å². The molecule has 0 radical (unpaired) electrons. The van der Waals surface area contributed by atoms with E-state index in [-0.39, 0.29) is 5.41 Å². The van der Waals surface area contributed by atoms with Crippen molar-refractivity contribution in [2.75, 3.05) is 6.61 Å². The van der Waals surface area contributed by atoms with Gasteiger partial charge in [0.05, 0.1) is 0 Å². The molecule has 2 aromatic rings. The lowest BCUT2D eigenvalue weighted by Crippen LogP contribution is -2.36. The van der Waals surface area contributed by atoms with Crippen LogP contribution in [0, 0.1) is 0 Å². The van der Waals surface area contributed by atoms with Crippen LogP contribution in [-0.2, 0) is 19.7 Å². The normalized spacial score (nSPS) is 12.0. The van der Waals surface area contributed by atoms with E-state index >= 15 is 0 Å². The molecule has 6 nitrogen and oxygen atoms in total. The molecule has 6 heteroatoms. The van der Waals surface area contributed by atoms with Gasteiger partial charge in [-0.05, 0) is 42.2 Å². The van der Waals surface area contributed by atoms with Crippen molar-refractivity contribution in [2.24, 2.45) is 0 Å². The minimum Gasteiger partial charge on any atom is -0.479 e. The lowest BCUT2D eigenvalue weighted by Gasteiger charge is -2.19. The average Bonchev–Trinajstić information content (AvgIpc) is 2.66. The Labute approximate surface area is 164 Å². The summed E-state index contributed by atoms with van der Waals surface area (Å²) in [7, 11) is 0. The number of hydrogen-bond acceptors (Lipinski definition) is 5. The van der Waals surface area contributed by atoms with Crippen LogP contribution in [0.5, 0.6) is 5.75 Å². The summed E-state index contributed by atoms with van der Waals surface area (Å²) in [5.41, 5.74) is 1.41. The van der Waals surface area contributed by atoms with Gasteiger partial charge in [0.25, 0.3) is 11.8 Å². The minimum atomic E-state index is -0.879. The van der Waals surface area contributed by atoms with E-state index in [1.54, 1.807) is 36.4 Å². The monoisotopic (exact) mass is 383 g/mol. The Morgan fingerprint density at radius 3 is 2.14 bits per heavy atom.